The highest BCUT2D eigenvalue weighted by molar-refractivity contribution is 5.86. The first-order chi connectivity index (χ1) is 9.18. The maximum atomic E-state index is 12.7. The van der Waals surface area contributed by atoms with Crippen LogP contribution < -0.4 is 5.32 Å². The molecule has 0 aliphatic carbocycles. The predicted molar refractivity (Wildman–Crippen MR) is 75.6 cm³/mol. The second-order valence-electron chi connectivity index (χ2n) is 5.34. The van der Waals surface area contributed by atoms with Crippen molar-refractivity contribution >= 4 is 5.91 Å². The Morgan fingerprint density at radius 1 is 1.53 bits per heavy atom. The van der Waals surface area contributed by atoms with E-state index in [4.69, 9.17) is 0 Å². The first-order valence-corrected chi connectivity index (χ1v) is 7.08. The highest BCUT2D eigenvalue weighted by Crippen LogP contribution is 2.27. The summed E-state index contributed by atoms with van der Waals surface area (Å²) >= 11 is 0. The molecular formula is C15H23N3O. The normalized spacial score (nSPS) is 22.4. The zero-order chi connectivity index (χ0) is 13.7. The molecular weight excluding hydrogens is 238 g/mol. The molecule has 2 rings (SSSR count). The molecule has 1 aliphatic rings. The molecule has 1 saturated heterocycles. The molecule has 1 amide bonds. The van der Waals surface area contributed by atoms with Crippen LogP contribution in [0.15, 0.2) is 24.4 Å². The lowest BCUT2D eigenvalue weighted by molar-refractivity contribution is -0.137. The van der Waals surface area contributed by atoms with Gasteiger partial charge in [0.15, 0.2) is 0 Å². The van der Waals surface area contributed by atoms with Crippen LogP contribution >= 0.6 is 0 Å². The van der Waals surface area contributed by atoms with Gasteiger partial charge in [-0.1, -0.05) is 19.4 Å². The van der Waals surface area contributed by atoms with Crippen LogP contribution in [0.5, 0.6) is 0 Å². The second kappa shape index (κ2) is 6.15. The van der Waals surface area contributed by atoms with Gasteiger partial charge in [-0.3, -0.25) is 9.78 Å². The molecule has 1 aliphatic heterocycles. The number of hydrogen-bond donors (Lipinski definition) is 1. The molecule has 0 aromatic carbocycles. The van der Waals surface area contributed by atoms with Gasteiger partial charge < -0.3 is 10.2 Å². The maximum absolute atomic E-state index is 12.7. The lowest BCUT2D eigenvalue weighted by Crippen LogP contribution is -2.53. The molecule has 19 heavy (non-hydrogen) atoms. The number of hydrogen-bond acceptors (Lipinski definition) is 3. The Balaban J connectivity index is 2.05. The number of carbonyl (C=O) groups is 1. The third-order valence-electron chi connectivity index (χ3n) is 3.80. The summed E-state index contributed by atoms with van der Waals surface area (Å²) in [5.41, 5.74) is 0.598. The standard InChI is InChI=1S/C15H23N3O/c1-3-8-15(9-6-11-17-15)14(19)18(2)12-13-7-4-5-10-16-13/h4-5,7,10,17H,3,6,8-9,11-12H2,1-2H3. The number of aromatic nitrogens is 1. The van der Waals surface area contributed by atoms with Crippen LogP contribution in [0.1, 0.15) is 38.3 Å². The first kappa shape index (κ1) is 14.0. The molecule has 4 nitrogen and oxygen atoms in total. The third-order valence-corrected chi connectivity index (χ3v) is 3.80. The minimum absolute atomic E-state index is 0.206. The van der Waals surface area contributed by atoms with E-state index in [1.54, 1.807) is 11.1 Å². The van der Waals surface area contributed by atoms with Gasteiger partial charge in [0.1, 0.15) is 0 Å². The Bertz CT molecular complexity index is 413. The summed E-state index contributed by atoms with van der Waals surface area (Å²) in [6.45, 7) is 3.66. The van der Waals surface area contributed by atoms with E-state index in [0.29, 0.717) is 6.54 Å². The highest BCUT2D eigenvalue weighted by atomic mass is 16.2. The molecule has 1 atom stereocenters. The van der Waals surface area contributed by atoms with Crippen LogP contribution in [0.2, 0.25) is 0 Å². The zero-order valence-corrected chi connectivity index (χ0v) is 11.9. The number of rotatable bonds is 5. The van der Waals surface area contributed by atoms with Gasteiger partial charge in [0, 0.05) is 13.2 Å². The van der Waals surface area contributed by atoms with Crippen molar-refractivity contribution in [3.63, 3.8) is 0 Å². The average Bonchev–Trinajstić information content (AvgIpc) is 2.89. The van der Waals surface area contributed by atoms with E-state index in [9.17, 15) is 4.79 Å². The van der Waals surface area contributed by atoms with Gasteiger partial charge >= 0.3 is 0 Å². The van der Waals surface area contributed by atoms with Gasteiger partial charge in [0.05, 0.1) is 17.8 Å². The fraction of sp³-hybridized carbons (Fsp3) is 0.600. The van der Waals surface area contributed by atoms with E-state index in [-0.39, 0.29) is 11.4 Å². The largest absolute Gasteiger partial charge is 0.338 e. The number of likely N-dealkylation sites (N-methyl/N-ethyl adjacent to an activating group) is 1. The molecule has 0 bridgehead atoms. The quantitative estimate of drug-likeness (QED) is 0.881. The Morgan fingerprint density at radius 2 is 2.37 bits per heavy atom. The molecule has 1 N–H and O–H groups in total. The zero-order valence-electron chi connectivity index (χ0n) is 11.9. The van der Waals surface area contributed by atoms with Crippen molar-refractivity contribution in [2.24, 2.45) is 0 Å². The summed E-state index contributed by atoms with van der Waals surface area (Å²) in [6, 6.07) is 5.80. The third kappa shape index (κ3) is 3.13. The van der Waals surface area contributed by atoms with Crippen molar-refractivity contribution in [3.8, 4) is 0 Å². The maximum Gasteiger partial charge on any atom is 0.242 e. The van der Waals surface area contributed by atoms with Crippen molar-refractivity contribution in [1.29, 1.82) is 0 Å². The summed E-state index contributed by atoms with van der Waals surface area (Å²) < 4.78 is 0. The van der Waals surface area contributed by atoms with Gasteiger partial charge in [0.2, 0.25) is 5.91 Å². The lowest BCUT2D eigenvalue weighted by Gasteiger charge is -2.32. The summed E-state index contributed by atoms with van der Waals surface area (Å²) in [4.78, 5) is 18.8. The van der Waals surface area contributed by atoms with Crippen LogP contribution in [0.25, 0.3) is 0 Å². The van der Waals surface area contributed by atoms with E-state index in [2.05, 4.69) is 17.2 Å². The van der Waals surface area contributed by atoms with Crippen LogP contribution in [-0.2, 0) is 11.3 Å². The van der Waals surface area contributed by atoms with Gasteiger partial charge in [0.25, 0.3) is 0 Å². The molecule has 2 heterocycles. The molecule has 4 heteroatoms. The van der Waals surface area contributed by atoms with Gasteiger partial charge in [-0.25, -0.2) is 0 Å². The molecule has 1 aromatic heterocycles. The van der Waals surface area contributed by atoms with Gasteiger partial charge in [-0.2, -0.15) is 0 Å². The highest BCUT2D eigenvalue weighted by Gasteiger charge is 2.41. The van der Waals surface area contributed by atoms with Gasteiger partial charge in [-0.05, 0) is 37.9 Å². The van der Waals surface area contributed by atoms with Crippen molar-refractivity contribution in [3.05, 3.63) is 30.1 Å². The molecule has 1 unspecified atom stereocenters. The Labute approximate surface area is 115 Å². The van der Waals surface area contributed by atoms with Crippen molar-refractivity contribution in [2.45, 2.75) is 44.7 Å². The van der Waals surface area contributed by atoms with E-state index in [1.165, 1.54) is 0 Å². The van der Waals surface area contributed by atoms with E-state index < -0.39 is 0 Å². The smallest absolute Gasteiger partial charge is 0.242 e. The fourth-order valence-corrected chi connectivity index (χ4v) is 2.91. The first-order valence-electron chi connectivity index (χ1n) is 7.08. The number of pyridine rings is 1. The van der Waals surface area contributed by atoms with Crippen LogP contribution in [0, 0.1) is 0 Å². The monoisotopic (exact) mass is 261 g/mol. The summed E-state index contributed by atoms with van der Waals surface area (Å²) in [6.07, 6.45) is 5.74. The minimum atomic E-state index is -0.335. The van der Waals surface area contributed by atoms with E-state index in [1.807, 2.05) is 25.2 Å². The summed E-state index contributed by atoms with van der Waals surface area (Å²) in [7, 11) is 1.87. The number of carbonyl (C=O) groups excluding carboxylic acids is 1. The van der Waals surface area contributed by atoms with Crippen molar-refractivity contribution in [1.82, 2.24) is 15.2 Å². The molecule has 0 radical (unpaired) electrons. The average molecular weight is 261 g/mol. The molecule has 0 spiro atoms. The lowest BCUT2D eigenvalue weighted by atomic mass is 9.90. The second-order valence-corrected chi connectivity index (χ2v) is 5.34. The topological polar surface area (TPSA) is 45.2 Å². The van der Waals surface area contributed by atoms with Crippen LogP contribution in [0.4, 0.5) is 0 Å². The molecule has 1 aromatic rings. The molecule has 0 saturated carbocycles. The van der Waals surface area contributed by atoms with Crippen molar-refractivity contribution < 1.29 is 4.79 Å². The van der Waals surface area contributed by atoms with E-state index >= 15 is 0 Å². The van der Waals surface area contributed by atoms with Crippen LogP contribution in [-0.4, -0.2) is 34.9 Å². The Hall–Kier alpha value is -1.42. The minimum Gasteiger partial charge on any atom is -0.338 e. The Morgan fingerprint density at radius 3 is 2.95 bits per heavy atom. The predicted octanol–water partition coefficient (Wildman–Crippen LogP) is 1.96. The summed E-state index contributed by atoms with van der Waals surface area (Å²) in [5.74, 6) is 0.206. The number of nitrogens with zero attached hydrogens (tertiary/aromatic N) is 2. The molecule has 104 valence electrons. The van der Waals surface area contributed by atoms with E-state index in [0.717, 1.165) is 37.9 Å². The Kier molecular flexibility index (Phi) is 4.53. The SMILES string of the molecule is CCCC1(C(=O)N(C)Cc2ccccn2)CCCN1. The van der Waals surface area contributed by atoms with Crippen molar-refractivity contribution in [2.75, 3.05) is 13.6 Å². The summed E-state index contributed by atoms with van der Waals surface area (Å²) in [5, 5.41) is 3.43. The number of amides is 1. The van der Waals surface area contributed by atoms with Gasteiger partial charge in [-0.15, -0.1) is 0 Å². The van der Waals surface area contributed by atoms with Crippen LogP contribution in [0.3, 0.4) is 0 Å². The number of nitrogens with one attached hydrogen (secondary N) is 1. The fourth-order valence-electron chi connectivity index (χ4n) is 2.91. The molecule has 1 fully saturated rings.